The summed E-state index contributed by atoms with van der Waals surface area (Å²) in [4.78, 5) is 0. The Bertz CT molecular complexity index is 425. The molecule has 0 fully saturated rings. The summed E-state index contributed by atoms with van der Waals surface area (Å²) in [5.74, 6) is 0.643. The molecular formula is C9H7BrN2O2. The van der Waals surface area contributed by atoms with E-state index in [1.807, 2.05) is 24.3 Å². The SMILES string of the molecule is OCc1nnc(-c2ccc(Br)cc2)o1. The van der Waals surface area contributed by atoms with Crippen molar-refractivity contribution in [2.75, 3.05) is 0 Å². The first kappa shape index (κ1) is 9.36. The van der Waals surface area contributed by atoms with E-state index in [1.54, 1.807) is 0 Å². The summed E-state index contributed by atoms with van der Waals surface area (Å²) >= 11 is 3.33. The Balaban J connectivity index is 2.34. The van der Waals surface area contributed by atoms with Gasteiger partial charge in [-0.1, -0.05) is 15.9 Å². The summed E-state index contributed by atoms with van der Waals surface area (Å²) in [7, 11) is 0. The van der Waals surface area contributed by atoms with Crippen LogP contribution >= 0.6 is 15.9 Å². The van der Waals surface area contributed by atoms with Gasteiger partial charge in [0.1, 0.15) is 6.61 Å². The van der Waals surface area contributed by atoms with Crippen molar-refractivity contribution >= 4 is 15.9 Å². The Labute approximate surface area is 88.7 Å². The van der Waals surface area contributed by atoms with E-state index in [-0.39, 0.29) is 12.5 Å². The minimum atomic E-state index is -0.233. The zero-order chi connectivity index (χ0) is 9.97. The van der Waals surface area contributed by atoms with Crippen molar-refractivity contribution in [3.8, 4) is 11.5 Å². The first-order valence-electron chi connectivity index (χ1n) is 3.99. The molecule has 2 aromatic rings. The fourth-order valence-electron chi connectivity index (χ4n) is 1.03. The second-order valence-electron chi connectivity index (χ2n) is 2.67. The monoisotopic (exact) mass is 254 g/mol. The van der Waals surface area contributed by atoms with Crippen molar-refractivity contribution in [2.45, 2.75) is 6.61 Å². The number of aliphatic hydroxyl groups is 1. The molecule has 4 nitrogen and oxygen atoms in total. The summed E-state index contributed by atoms with van der Waals surface area (Å²) < 4.78 is 6.16. The molecule has 0 aliphatic rings. The van der Waals surface area contributed by atoms with Crippen LogP contribution in [0.5, 0.6) is 0 Å². The van der Waals surface area contributed by atoms with Crippen molar-refractivity contribution < 1.29 is 9.52 Å². The number of hydrogen-bond acceptors (Lipinski definition) is 4. The molecule has 5 heteroatoms. The predicted molar refractivity (Wildman–Crippen MR) is 53.4 cm³/mol. The van der Waals surface area contributed by atoms with Gasteiger partial charge < -0.3 is 9.52 Å². The van der Waals surface area contributed by atoms with E-state index in [0.29, 0.717) is 5.89 Å². The van der Waals surface area contributed by atoms with Crippen molar-refractivity contribution in [3.05, 3.63) is 34.6 Å². The predicted octanol–water partition coefficient (Wildman–Crippen LogP) is 1.99. The number of halogens is 1. The molecule has 72 valence electrons. The van der Waals surface area contributed by atoms with Gasteiger partial charge >= 0.3 is 0 Å². The molecule has 0 bridgehead atoms. The average Bonchev–Trinajstić information content (AvgIpc) is 2.67. The number of rotatable bonds is 2. The molecule has 0 aliphatic carbocycles. The van der Waals surface area contributed by atoms with Crippen LogP contribution in [0.15, 0.2) is 33.2 Å². The van der Waals surface area contributed by atoms with Crippen molar-refractivity contribution in [1.29, 1.82) is 0 Å². The number of hydrogen-bond donors (Lipinski definition) is 1. The quantitative estimate of drug-likeness (QED) is 0.891. The normalized spacial score (nSPS) is 10.4. The second kappa shape index (κ2) is 3.89. The van der Waals surface area contributed by atoms with Gasteiger partial charge in [-0.05, 0) is 24.3 Å². The number of benzene rings is 1. The molecule has 0 unspecified atom stereocenters. The molecular weight excluding hydrogens is 248 g/mol. The van der Waals surface area contributed by atoms with E-state index in [9.17, 15) is 0 Å². The highest BCUT2D eigenvalue weighted by atomic mass is 79.9. The molecule has 0 radical (unpaired) electrons. The molecule has 0 atom stereocenters. The van der Waals surface area contributed by atoms with E-state index in [0.717, 1.165) is 10.0 Å². The molecule has 0 saturated heterocycles. The van der Waals surface area contributed by atoms with Gasteiger partial charge in [0.05, 0.1) is 0 Å². The summed E-state index contributed by atoms with van der Waals surface area (Å²) in [5.41, 5.74) is 0.834. The molecule has 2 rings (SSSR count). The first-order valence-corrected chi connectivity index (χ1v) is 4.78. The highest BCUT2D eigenvalue weighted by Crippen LogP contribution is 2.20. The van der Waals surface area contributed by atoms with Crippen LogP contribution in [0.1, 0.15) is 5.89 Å². The molecule has 0 aliphatic heterocycles. The number of nitrogens with zero attached hydrogens (tertiary/aromatic N) is 2. The van der Waals surface area contributed by atoms with Crippen LogP contribution in [0.2, 0.25) is 0 Å². The lowest BCUT2D eigenvalue weighted by Gasteiger charge is -1.93. The zero-order valence-corrected chi connectivity index (χ0v) is 8.73. The van der Waals surface area contributed by atoms with Crippen molar-refractivity contribution in [3.63, 3.8) is 0 Å². The third-order valence-electron chi connectivity index (χ3n) is 1.69. The van der Waals surface area contributed by atoms with Gasteiger partial charge in [0.15, 0.2) is 0 Å². The maximum Gasteiger partial charge on any atom is 0.247 e. The highest BCUT2D eigenvalue weighted by Gasteiger charge is 2.06. The largest absolute Gasteiger partial charge is 0.418 e. The lowest BCUT2D eigenvalue weighted by molar-refractivity contribution is 0.241. The highest BCUT2D eigenvalue weighted by molar-refractivity contribution is 9.10. The van der Waals surface area contributed by atoms with Crippen LogP contribution in [0.3, 0.4) is 0 Å². The Hall–Kier alpha value is -1.20. The number of aromatic nitrogens is 2. The van der Waals surface area contributed by atoms with Gasteiger partial charge in [-0.25, -0.2) is 0 Å². The summed E-state index contributed by atoms with van der Waals surface area (Å²) in [6, 6.07) is 7.49. The van der Waals surface area contributed by atoms with Gasteiger partial charge in [0.2, 0.25) is 11.8 Å². The maximum absolute atomic E-state index is 8.74. The fraction of sp³-hybridized carbons (Fsp3) is 0.111. The average molecular weight is 255 g/mol. The minimum absolute atomic E-state index is 0.225. The Morgan fingerprint density at radius 1 is 1.21 bits per heavy atom. The molecule has 1 heterocycles. The summed E-state index contributed by atoms with van der Waals surface area (Å²) in [6.07, 6.45) is 0. The van der Waals surface area contributed by atoms with Crippen LogP contribution in [0.25, 0.3) is 11.5 Å². The van der Waals surface area contributed by atoms with E-state index >= 15 is 0 Å². The second-order valence-corrected chi connectivity index (χ2v) is 3.58. The van der Waals surface area contributed by atoms with Gasteiger partial charge in [-0.2, -0.15) is 0 Å². The standard InChI is InChI=1S/C9H7BrN2O2/c10-7-3-1-6(2-4-7)9-12-11-8(5-13)14-9/h1-4,13H,5H2. The molecule has 1 aromatic heterocycles. The summed E-state index contributed by atoms with van der Waals surface area (Å²) in [5, 5.41) is 16.2. The lowest BCUT2D eigenvalue weighted by atomic mass is 10.2. The third-order valence-corrected chi connectivity index (χ3v) is 2.22. The molecule has 1 N–H and O–H groups in total. The number of aliphatic hydroxyl groups excluding tert-OH is 1. The molecule has 0 spiro atoms. The molecule has 1 aromatic carbocycles. The van der Waals surface area contributed by atoms with Crippen LogP contribution in [0.4, 0.5) is 0 Å². The minimum Gasteiger partial charge on any atom is -0.418 e. The van der Waals surface area contributed by atoms with Crippen molar-refractivity contribution in [1.82, 2.24) is 10.2 Å². The van der Waals surface area contributed by atoms with Crippen LogP contribution < -0.4 is 0 Å². The van der Waals surface area contributed by atoms with E-state index in [4.69, 9.17) is 9.52 Å². The Kier molecular flexibility index (Phi) is 2.60. The van der Waals surface area contributed by atoms with Gasteiger partial charge in [-0.15, -0.1) is 10.2 Å². The van der Waals surface area contributed by atoms with Crippen molar-refractivity contribution in [2.24, 2.45) is 0 Å². The summed E-state index contributed by atoms with van der Waals surface area (Å²) in [6.45, 7) is -0.233. The van der Waals surface area contributed by atoms with E-state index in [2.05, 4.69) is 26.1 Å². The third kappa shape index (κ3) is 1.83. The topological polar surface area (TPSA) is 59.2 Å². The van der Waals surface area contributed by atoms with E-state index < -0.39 is 0 Å². The van der Waals surface area contributed by atoms with Gasteiger partial charge in [0.25, 0.3) is 0 Å². The smallest absolute Gasteiger partial charge is 0.247 e. The maximum atomic E-state index is 8.74. The van der Waals surface area contributed by atoms with Gasteiger partial charge in [0, 0.05) is 10.0 Å². The molecule has 14 heavy (non-hydrogen) atoms. The Morgan fingerprint density at radius 3 is 2.50 bits per heavy atom. The van der Waals surface area contributed by atoms with Crippen LogP contribution in [0, 0.1) is 0 Å². The lowest BCUT2D eigenvalue weighted by Crippen LogP contribution is -1.79. The first-order chi connectivity index (χ1) is 6.79. The van der Waals surface area contributed by atoms with Gasteiger partial charge in [-0.3, -0.25) is 0 Å². The molecule has 0 amide bonds. The Morgan fingerprint density at radius 2 is 1.93 bits per heavy atom. The fourth-order valence-corrected chi connectivity index (χ4v) is 1.29. The molecule has 0 saturated carbocycles. The van der Waals surface area contributed by atoms with Crippen LogP contribution in [-0.2, 0) is 6.61 Å². The van der Waals surface area contributed by atoms with Crippen LogP contribution in [-0.4, -0.2) is 15.3 Å². The zero-order valence-electron chi connectivity index (χ0n) is 7.14. The van der Waals surface area contributed by atoms with E-state index in [1.165, 1.54) is 0 Å².